The predicted octanol–water partition coefficient (Wildman–Crippen LogP) is 8.13. The number of benzene rings is 2. The Kier molecular flexibility index (Phi) is 13.1. The van der Waals surface area contributed by atoms with Crippen molar-refractivity contribution in [2.45, 2.75) is 123 Å². The standard InChI is InChI=1S/C41H55N6O9PSi/c1-11-29-34(55-57(52-22-15-20-42)47(25(2)3)26(4)5)35(56-58(9,10)41(6,7)8)39(54-29)46-24-32-36(44-40(46)50)43-33-30(18-14-19-31(33)53-32)51-23-21-45-37(48)27-16-12-13-17-28(27)38(45)49/h12-14,16-19,24-26,29,34-35,39H,11,15,21-23H2,1-10H3,(H,43,44,50)/t29-,34+,35?,39-,57?/m1/s1. The zero-order chi connectivity index (χ0) is 42.1. The number of ether oxygens (including phenoxy) is 3. The van der Waals surface area contributed by atoms with Gasteiger partial charge in [0, 0.05) is 12.1 Å². The molecule has 1 aromatic heterocycles. The molecule has 312 valence electrons. The van der Waals surface area contributed by atoms with Crippen LogP contribution in [0.4, 0.5) is 11.5 Å². The smallest absolute Gasteiger partial charge is 0.351 e. The first-order valence-electron chi connectivity index (χ1n) is 19.8. The van der Waals surface area contributed by atoms with E-state index in [4.69, 9.17) is 27.7 Å². The Morgan fingerprint density at radius 1 is 0.983 bits per heavy atom. The van der Waals surface area contributed by atoms with Gasteiger partial charge in [-0.1, -0.05) is 45.9 Å². The highest BCUT2D eigenvalue weighted by Crippen LogP contribution is 2.52. The number of fused-ring (bicyclic) bond motifs is 3. The molecule has 1 saturated heterocycles. The van der Waals surface area contributed by atoms with Crippen LogP contribution in [0.1, 0.15) is 95.2 Å². The van der Waals surface area contributed by atoms with Gasteiger partial charge in [-0.2, -0.15) is 10.2 Å². The Morgan fingerprint density at radius 3 is 2.26 bits per heavy atom. The lowest BCUT2D eigenvalue weighted by Gasteiger charge is -2.42. The highest BCUT2D eigenvalue weighted by atomic mass is 31.2. The maximum atomic E-state index is 14.1. The van der Waals surface area contributed by atoms with E-state index in [-0.39, 0.29) is 66.7 Å². The van der Waals surface area contributed by atoms with Crippen LogP contribution < -0.4 is 20.5 Å². The Balaban J connectivity index is 1.27. The molecule has 0 spiro atoms. The number of nitrogens with one attached hydrogen (secondary N) is 1. The molecule has 0 radical (unpaired) electrons. The van der Waals surface area contributed by atoms with Crippen LogP contribution in [-0.4, -0.2) is 89.4 Å². The molecule has 1 fully saturated rings. The third-order valence-electron chi connectivity index (χ3n) is 10.9. The van der Waals surface area contributed by atoms with E-state index in [1.165, 1.54) is 9.47 Å². The van der Waals surface area contributed by atoms with Crippen LogP contribution in [0.15, 0.2) is 53.5 Å². The summed E-state index contributed by atoms with van der Waals surface area (Å²) in [6.07, 6.45) is -0.364. The number of hydrogen-bond donors (Lipinski definition) is 1. The Morgan fingerprint density at radius 2 is 1.66 bits per heavy atom. The van der Waals surface area contributed by atoms with E-state index in [0.717, 1.165) is 0 Å². The van der Waals surface area contributed by atoms with Crippen LogP contribution >= 0.6 is 8.53 Å². The second-order valence-corrected chi connectivity index (χ2v) is 22.8. The van der Waals surface area contributed by atoms with Crippen LogP contribution in [0.5, 0.6) is 17.2 Å². The van der Waals surface area contributed by atoms with E-state index in [1.807, 2.05) is 6.92 Å². The summed E-state index contributed by atoms with van der Waals surface area (Å²) in [6, 6.07) is 14.3. The molecule has 2 aromatic carbocycles. The van der Waals surface area contributed by atoms with Gasteiger partial charge in [0.25, 0.3) is 20.3 Å². The summed E-state index contributed by atoms with van der Waals surface area (Å²) in [5, 5.41) is 12.3. The molecule has 1 N–H and O–H groups in total. The molecule has 2 unspecified atom stereocenters. The highest BCUT2D eigenvalue weighted by molar-refractivity contribution is 7.44. The quantitative estimate of drug-likeness (QED) is 0.0498. The molecule has 4 heterocycles. The molecule has 0 saturated carbocycles. The van der Waals surface area contributed by atoms with Crippen LogP contribution in [0.2, 0.25) is 18.1 Å². The maximum absolute atomic E-state index is 14.1. The van der Waals surface area contributed by atoms with Gasteiger partial charge in [-0.05, 0) is 76.5 Å². The molecule has 3 aliphatic rings. The lowest BCUT2D eigenvalue weighted by Crippen LogP contribution is -2.50. The third kappa shape index (κ3) is 8.72. The fraction of sp³-hybridized carbons (Fsp3) is 0.537. The molecular formula is C41H55N6O9PSi. The molecule has 3 aliphatic heterocycles. The van der Waals surface area contributed by atoms with Gasteiger partial charge in [0.15, 0.2) is 31.9 Å². The van der Waals surface area contributed by atoms with Crippen LogP contribution in [-0.2, 0) is 18.2 Å². The first-order valence-corrected chi connectivity index (χ1v) is 23.9. The zero-order valence-corrected chi connectivity index (χ0v) is 36.9. The molecule has 3 aromatic rings. The van der Waals surface area contributed by atoms with Crippen LogP contribution in [0, 0.1) is 11.3 Å². The number of amides is 2. The Bertz CT molecular complexity index is 2060. The first kappa shape index (κ1) is 43.4. The summed E-state index contributed by atoms with van der Waals surface area (Å²) in [7, 11) is -4.17. The second kappa shape index (κ2) is 17.6. The van der Waals surface area contributed by atoms with Gasteiger partial charge in [0.1, 0.15) is 30.3 Å². The summed E-state index contributed by atoms with van der Waals surface area (Å²) in [6.45, 7) is 21.4. The number of carbonyl (C=O) groups is 2. The molecule has 0 bridgehead atoms. The van der Waals surface area contributed by atoms with Crippen molar-refractivity contribution in [3.8, 4) is 23.3 Å². The van der Waals surface area contributed by atoms with E-state index >= 15 is 0 Å². The molecular weight excluding hydrogens is 780 g/mol. The van der Waals surface area contributed by atoms with E-state index in [9.17, 15) is 19.6 Å². The van der Waals surface area contributed by atoms with Crippen molar-refractivity contribution in [3.05, 3.63) is 70.3 Å². The van der Waals surface area contributed by atoms with Crippen LogP contribution in [0.25, 0.3) is 0 Å². The van der Waals surface area contributed by atoms with Crippen molar-refractivity contribution in [2.75, 3.05) is 25.1 Å². The minimum Gasteiger partial charge on any atom is -0.489 e. The minimum absolute atomic E-state index is 0.0274. The SMILES string of the molecule is CC[C@H]1O[C@@H](n2cc3c(nc2=O)Nc2c(OCCN4C(=O)c5ccccc5C4=O)cccc2O3)C(O[Si](C)(C)C(C)(C)C)[C@H]1OP(OCCC#N)N(C(C)C)C(C)C. The van der Waals surface area contributed by atoms with Gasteiger partial charge in [0.2, 0.25) is 0 Å². The molecule has 2 amide bonds. The molecule has 58 heavy (non-hydrogen) atoms. The Hall–Kier alpha value is -4.20. The van der Waals surface area contributed by atoms with E-state index in [1.54, 1.807) is 48.7 Å². The number of hydrogen-bond acceptors (Lipinski definition) is 13. The van der Waals surface area contributed by atoms with E-state index < -0.39 is 47.1 Å². The lowest BCUT2D eigenvalue weighted by atomic mass is 10.1. The van der Waals surface area contributed by atoms with Crippen molar-refractivity contribution in [1.82, 2.24) is 19.1 Å². The maximum Gasteiger partial charge on any atom is 0.351 e. The van der Waals surface area contributed by atoms with Gasteiger partial charge < -0.3 is 33.0 Å². The van der Waals surface area contributed by atoms with Crippen molar-refractivity contribution >= 4 is 40.2 Å². The number of anilines is 2. The van der Waals surface area contributed by atoms with Crippen molar-refractivity contribution < 1.29 is 37.3 Å². The predicted molar refractivity (Wildman–Crippen MR) is 222 cm³/mol. The normalized spacial score (nSPS) is 20.8. The summed E-state index contributed by atoms with van der Waals surface area (Å²) in [5.41, 5.74) is 0.599. The van der Waals surface area contributed by atoms with Crippen LogP contribution in [0.3, 0.4) is 0 Å². The number of carbonyl (C=O) groups excluding carboxylic acids is 2. The fourth-order valence-electron chi connectivity index (χ4n) is 6.99. The molecule has 17 heteroatoms. The Labute approximate surface area is 342 Å². The molecule has 5 atom stereocenters. The number of aromatic nitrogens is 2. The number of rotatable bonds is 16. The molecule has 0 aliphatic carbocycles. The number of imide groups is 1. The number of nitrogens with zero attached hydrogens (tertiary/aromatic N) is 5. The third-order valence-corrected chi connectivity index (χ3v) is 17.5. The minimum atomic E-state index is -2.51. The summed E-state index contributed by atoms with van der Waals surface area (Å²) < 4.78 is 43.2. The summed E-state index contributed by atoms with van der Waals surface area (Å²) >= 11 is 0. The van der Waals surface area contributed by atoms with Gasteiger partial charge in [-0.25, -0.2) is 9.46 Å². The van der Waals surface area contributed by atoms with Gasteiger partial charge in [0.05, 0.1) is 49.1 Å². The lowest BCUT2D eigenvalue weighted by molar-refractivity contribution is -0.0374. The van der Waals surface area contributed by atoms with Gasteiger partial charge in [-0.3, -0.25) is 19.1 Å². The van der Waals surface area contributed by atoms with Gasteiger partial charge >= 0.3 is 5.69 Å². The highest BCUT2D eigenvalue weighted by Gasteiger charge is 2.53. The second-order valence-electron chi connectivity index (χ2n) is 16.6. The average Bonchev–Trinajstić information content (AvgIpc) is 3.61. The number of para-hydroxylation sites is 1. The average molecular weight is 835 g/mol. The van der Waals surface area contributed by atoms with Crippen molar-refractivity contribution in [1.29, 1.82) is 5.26 Å². The largest absolute Gasteiger partial charge is 0.489 e. The topological polar surface area (TPSA) is 167 Å². The van der Waals surface area contributed by atoms with Crippen molar-refractivity contribution in [3.63, 3.8) is 0 Å². The van der Waals surface area contributed by atoms with E-state index in [2.05, 4.69) is 82.6 Å². The number of nitriles is 1. The van der Waals surface area contributed by atoms with Gasteiger partial charge in [-0.15, -0.1) is 0 Å². The van der Waals surface area contributed by atoms with E-state index in [0.29, 0.717) is 34.7 Å². The first-order chi connectivity index (χ1) is 27.5. The zero-order valence-electron chi connectivity index (χ0n) is 35.0. The molecule has 6 rings (SSSR count). The molecule has 15 nitrogen and oxygen atoms in total. The fourth-order valence-corrected chi connectivity index (χ4v) is 10.0. The monoisotopic (exact) mass is 834 g/mol. The summed E-state index contributed by atoms with van der Waals surface area (Å²) in [5.74, 6) is 0.566. The summed E-state index contributed by atoms with van der Waals surface area (Å²) in [4.78, 5) is 45.4. The van der Waals surface area contributed by atoms with Crippen molar-refractivity contribution in [2.24, 2.45) is 0 Å².